The summed E-state index contributed by atoms with van der Waals surface area (Å²) in [5, 5.41) is 10.2. The zero-order valence-corrected chi connectivity index (χ0v) is 14.5. The van der Waals surface area contributed by atoms with Crippen molar-refractivity contribution in [3.63, 3.8) is 0 Å². The van der Waals surface area contributed by atoms with Gasteiger partial charge in [-0.1, -0.05) is 50.6 Å². The summed E-state index contributed by atoms with van der Waals surface area (Å²) in [6.45, 7) is 5.00. The summed E-state index contributed by atoms with van der Waals surface area (Å²) in [5.74, 6) is 1.65. The molecule has 0 aliphatic heterocycles. The first-order valence-corrected chi connectivity index (χ1v) is 9.26. The molecule has 0 spiro atoms. The molecule has 23 heavy (non-hydrogen) atoms. The molecule has 0 N–H and O–H groups in total. The maximum absolute atomic E-state index is 12.8. The Bertz CT molecular complexity index is 868. The standard InChI is InChI=1S/C17H22N4OS/c1-3-5-8-11-20-15(22)13-9-6-7-10-14(13)21-16(20)18-19-17(21)23-12-4-2/h6-7,9-10H,3-5,8,11-12H2,1-2H3. The fraction of sp³-hybridized carbons (Fsp3) is 0.471. The Labute approximate surface area is 139 Å². The number of fused-ring (bicyclic) bond motifs is 3. The van der Waals surface area contributed by atoms with Gasteiger partial charge in [0.05, 0.1) is 10.9 Å². The lowest BCUT2D eigenvalue weighted by Crippen LogP contribution is -2.23. The summed E-state index contributed by atoms with van der Waals surface area (Å²) in [6, 6.07) is 7.73. The van der Waals surface area contributed by atoms with Crippen LogP contribution in [0, 0.1) is 0 Å². The minimum Gasteiger partial charge on any atom is -0.276 e. The van der Waals surface area contributed by atoms with E-state index in [0.29, 0.717) is 12.3 Å². The first-order valence-electron chi connectivity index (χ1n) is 8.27. The van der Waals surface area contributed by atoms with Gasteiger partial charge < -0.3 is 0 Å². The largest absolute Gasteiger partial charge is 0.276 e. The van der Waals surface area contributed by atoms with Crippen molar-refractivity contribution in [2.24, 2.45) is 0 Å². The van der Waals surface area contributed by atoms with E-state index in [-0.39, 0.29) is 5.56 Å². The van der Waals surface area contributed by atoms with E-state index in [1.165, 1.54) is 0 Å². The summed E-state index contributed by atoms with van der Waals surface area (Å²) < 4.78 is 3.81. The highest BCUT2D eigenvalue weighted by molar-refractivity contribution is 7.99. The van der Waals surface area contributed by atoms with E-state index in [0.717, 1.165) is 47.5 Å². The minimum atomic E-state index is 0.0312. The first-order chi connectivity index (χ1) is 11.3. The Morgan fingerprint density at radius 1 is 1.09 bits per heavy atom. The van der Waals surface area contributed by atoms with Gasteiger partial charge in [-0.05, 0) is 25.0 Å². The summed E-state index contributed by atoms with van der Waals surface area (Å²) >= 11 is 1.69. The first kappa shape index (κ1) is 16.1. The molecule has 0 atom stereocenters. The molecule has 0 saturated heterocycles. The molecule has 0 aliphatic carbocycles. The van der Waals surface area contributed by atoms with E-state index in [1.807, 2.05) is 28.7 Å². The summed E-state index contributed by atoms with van der Waals surface area (Å²) in [6.07, 6.45) is 4.29. The molecule has 0 aliphatic rings. The van der Waals surface area contributed by atoms with Gasteiger partial charge in [-0.25, -0.2) is 0 Å². The fourth-order valence-corrected chi connectivity index (χ4v) is 3.54. The zero-order chi connectivity index (χ0) is 16.2. The second-order valence-electron chi connectivity index (χ2n) is 5.65. The van der Waals surface area contributed by atoms with E-state index in [2.05, 4.69) is 24.0 Å². The van der Waals surface area contributed by atoms with Crippen LogP contribution in [0.2, 0.25) is 0 Å². The molecule has 0 unspecified atom stereocenters. The fourth-order valence-electron chi connectivity index (χ4n) is 2.74. The third kappa shape index (κ3) is 3.00. The van der Waals surface area contributed by atoms with Gasteiger partial charge in [0, 0.05) is 12.3 Å². The molecule has 1 aromatic carbocycles. The molecule has 0 radical (unpaired) electrons. The van der Waals surface area contributed by atoms with Crippen LogP contribution in [0.4, 0.5) is 0 Å². The molecule has 3 rings (SSSR count). The second-order valence-corrected chi connectivity index (χ2v) is 6.71. The van der Waals surface area contributed by atoms with Crippen LogP contribution in [0.25, 0.3) is 16.7 Å². The van der Waals surface area contributed by atoms with Crippen LogP contribution < -0.4 is 5.56 Å². The molecule has 2 heterocycles. The third-order valence-corrected chi connectivity index (χ3v) is 5.03. The Morgan fingerprint density at radius 3 is 2.70 bits per heavy atom. The van der Waals surface area contributed by atoms with Crippen molar-refractivity contribution >= 4 is 28.4 Å². The maximum atomic E-state index is 12.8. The van der Waals surface area contributed by atoms with E-state index >= 15 is 0 Å². The average Bonchev–Trinajstić information content (AvgIpc) is 3.00. The Hall–Kier alpha value is -1.82. The van der Waals surface area contributed by atoms with Crippen molar-refractivity contribution < 1.29 is 0 Å². The number of rotatable bonds is 7. The lowest BCUT2D eigenvalue weighted by atomic mass is 10.2. The second kappa shape index (κ2) is 7.17. The predicted molar refractivity (Wildman–Crippen MR) is 95.3 cm³/mol. The highest BCUT2D eigenvalue weighted by Crippen LogP contribution is 2.22. The van der Waals surface area contributed by atoms with E-state index in [1.54, 1.807) is 16.3 Å². The van der Waals surface area contributed by atoms with Crippen LogP contribution >= 0.6 is 11.8 Å². The van der Waals surface area contributed by atoms with Gasteiger partial charge in [-0.3, -0.25) is 13.8 Å². The smallest absolute Gasteiger partial charge is 0.262 e. The number of para-hydroxylation sites is 1. The quantitative estimate of drug-likeness (QED) is 0.489. The number of aromatic nitrogens is 4. The van der Waals surface area contributed by atoms with E-state index in [9.17, 15) is 4.79 Å². The van der Waals surface area contributed by atoms with Crippen molar-refractivity contribution in [2.45, 2.75) is 51.2 Å². The highest BCUT2D eigenvalue weighted by Gasteiger charge is 2.16. The zero-order valence-electron chi connectivity index (χ0n) is 13.7. The number of thioether (sulfide) groups is 1. The molecule has 122 valence electrons. The molecule has 2 aromatic heterocycles. The number of unbranched alkanes of at least 4 members (excludes halogenated alkanes) is 2. The number of nitrogens with zero attached hydrogens (tertiary/aromatic N) is 4. The van der Waals surface area contributed by atoms with Crippen LogP contribution in [0.3, 0.4) is 0 Å². The summed E-state index contributed by atoms with van der Waals surface area (Å²) in [4.78, 5) is 12.8. The molecular weight excluding hydrogens is 308 g/mol. The highest BCUT2D eigenvalue weighted by atomic mass is 32.2. The number of hydrogen-bond donors (Lipinski definition) is 0. The molecule has 0 amide bonds. The SMILES string of the molecule is CCCCCn1c(=O)c2ccccc2n2c(SCCC)nnc12. The monoisotopic (exact) mass is 330 g/mol. The van der Waals surface area contributed by atoms with Gasteiger partial charge in [0.15, 0.2) is 5.16 Å². The number of hydrogen-bond acceptors (Lipinski definition) is 4. The molecule has 0 saturated carbocycles. The van der Waals surface area contributed by atoms with Gasteiger partial charge in [0.1, 0.15) is 0 Å². The predicted octanol–water partition coefficient (Wildman–Crippen LogP) is 3.74. The minimum absolute atomic E-state index is 0.0312. The van der Waals surface area contributed by atoms with Gasteiger partial charge in [0.25, 0.3) is 5.56 Å². The average molecular weight is 330 g/mol. The molecular formula is C17H22N4OS. The van der Waals surface area contributed by atoms with Crippen molar-refractivity contribution in [1.29, 1.82) is 0 Å². The number of aryl methyl sites for hydroxylation is 1. The van der Waals surface area contributed by atoms with Crippen molar-refractivity contribution in [1.82, 2.24) is 19.2 Å². The molecule has 0 fully saturated rings. The Balaban J connectivity index is 2.22. The van der Waals surface area contributed by atoms with Gasteiger partial charge in [0.2, 0.25) is 5.78 Å². The lowest BCUT2D eigenvalue weighted by Gasteiger charge is -2.10. The van der Waals surface area contributed by atoms with Gasteiger partial charge in [-0.2, -0.15) is 0 Å². The molecule has 5 nitrogen and oxygen atoms in total. The summed E-state index contributed by atoms with van der Waals surface area (Å²) in [7, 11) is 0. The van der Waals surface area contributed by atoms with Crippen molar-refractivity contribution in [3.05, 3.63) is 34.6 Å². The normalized spacial score (nSPS) is 11.6. The molecule has 6 heteroatoms. The van der Waals surface area contributed by atoms with Gasteiger partial charge in [-0.15, -0.1) is 10.2 Å². The van der Waals surface area contributed by atoms with Crippen LogP contribution in [-0.4, -0.2) is 24.9 Å². The number of benzene rings is 1. The molecule has 3 aromatic rings. The topological polar surface area (TPSA) is 52.2 Å². The lowest BCUT2D eigenvalue weighted by molar-refractivity contribution is 0.594. The van der Waals surface area contributed by atoms with Crippen LogP contribution in [0.5, 0.6) is 0 Å². The van der Waals surface area contributed by atoms with E-state index < -0.39 is 0 Å². The van der Waals surface area contributed by atoms with Crippen molar-refractivity contribution in [3.8, 4) is 0 Å². The molecule has 0 bridgehead atoms. The van der Waals surface area contributed by atoms with Crippen LogP contribution in [0.15, 0.2) is 34.2 Å². The Kier molecular flexibility index (Phi) is 5.00. The summed E-state index contributed by atoms with van der Waals surface area (Å²) in [5.41, 5.74) is 0.923. The third-order valence-electron chi connectivity index (χ3n) is 3.90. The van der Waals surface area contributed by atoms with E-state index in [4.69, 9.17) is 0 Å². The van der Waals surface area contributed by atoms with Gasteiger partial charge >= 0.3 is 0 Å². The van der Waals surface area contributed by atoms with Crippen LogP contribution in [0.1, 0.15) is 39.5 Å². The van der Waals surface area contributed by atoms with Crippen molar-refractivity contribution in [2.75, 3.05) is 5.75 Å². The van der Waals surface area contributed by atoms with Crippen LogP contribution in [-0.2, 0) is 6.54 Å². The maximum Gasteiger partial charge on any atom is 0.262 e. The Morgan fingerprint density at radius 2 is 1.91 bits per heavy atom.